The molecular weight excluding hydrogens is 252 g/mol. The van der Waals surface area contributed by atoms with Gasteiger partial charge in [-0.3, -0.25) is 4.79 Å². The van der Waals surface area contributed by atoms with Crippen molar-refractivity contribution in [3.63, 3.8) is 0 Å². The summed E-state index contributed by atoms with van der Waals surface area (Å²) in [5, 5.41) is 1.77. The topological polar surface area (TPSA) is 89.3 Å². The number of hydrogen-bond acceptors (Lipinski definition) is 3. The Labute approximate surface area is 105 Å². The first-order valence-corrected chi connectivity index (χ1v) is 6.74. The van der Waals surface area contributed by atoms with E-state index in [1.165, 1.54) is 6.07 Å². The van der Waals surface area contributed by atoms with Crippen LogP contribution in [0.15, 0.2) is 47.4 Å². The van der Waals surface area contributed by atoms with E-state index in [9.17, 15) is 13.2 Å². The van der Waals surface area contributed by atoms with E-state index in [0.29, 0.717) is 0 Å². The van der Waals surface area contributed by atoms with Crippen LogP contribution in [0.1, 0.15) is 0 Å². The number of nitrogens with two attached hydrogens (primary N) is 1. The summed E-state index contributed by atoms with van der Waals surface area (Å²) in [6.45, 7) is -0.408. The van der Waals surface area contributed by atoms with Gasteiger partial charge in [-0.25, -0.2) is 13.1 Å². The highest BCUT2D eigenvalue weighted by Crippen LogP contribution is 2.18. The molecule has 2 aromatic carbocycles. The molecule has 0 aromatic heterocycles. The van der Waals surface area contributed by atoms with E-state index >= 15 is 0 Å². The van der Waals surface area contributed by atoms with Gasteiger partial charge in [-0.1, -0.05) is 30.3 Å². The number of carbonyl (C=O) groups excluding carboxylic acids is 1. The predicted molar refractivity (Wildman–Crippen MR) is 68.3 cm³/mol. The average Bonchev–Trinajstić information content (AvgIpc) is 2.36. The number of nitrogens with one attached hydrogen (secondary N) is 1. The number of benzene rings is 2. The van der Waals surface area contributed by atoms with Crippen LogP contribution in [0.5, 0.6) is 0 Å². The molecule has 1 amide bonds. The third-order valence-corrected chi connectivity index (χ3v) is 3.87. The molecule has 0 saturated carbocycles. The summed E-state index contributed by atoms with van der Waals surface area (Å²) >= 11 is 0. The van der Waals surface area contributed by atoms with Gasteiger partial charge in [-0.05, 0) is 22.9 Å². The third-order valence-electron chi connectivity index (χ3n) is 2.47. The number of sulfonamides is 1. The Balaban J connectivity index is 2.38. The van der Waals surface area contributed by atoms with Gasteiger partial charge >= 0.3 is 0 Å². The smallest absolute Gasteiger partial charge is 0.241 e. The maximum atomic E-state index is 11.9. The highest BCUT2D eigenvalue weighted by Gasteiger charge is 2.14. The molecule has 0 heterocycles. The lowest BCUT2D eigenvalue weighted by Gasteiger charge is -2.06. The molecule has 0 saturated heterocycles. The molecule has 0 aliphatic heterocycles. The van der Waals surface area contributed by atoms with Gasteiger partial charge in [-0.2, -0.15) is 0 Å². The molecule has 0 fully saturated rings. The second-order valence-electron chi connectivity index (χ2n) is 3.80. The van der Waals surface area contributed by atoms with Crippen molar-refractivity contribution in [2.75, 3.05) is 6.54 Å². The Bertz CT molecular complexity index is 695. The van der Waals surface area contributed by atoms with E-state index in [1.807, 2.05) is 24.3 Å². The number of amides is 1. The minimum absolute atomic E-state index is 0.113. The van der Waals surface area contributed by atoms with Crippen LogP contribution in [0.4, 0.5) is 0 Å². The maximum Gasteiger partial charge on any atom is 0.241 e. The first kappa shape index (κ1) is 12.5. The van der Waals surface area contributed by atoms with Crippen molar-refractivity contribution in [1.82, 2.24) is 4.72 Å². The van der Waals surface area contributed by atoms with Crippen LogP contribution < -0.4 is 10.5 Å². The largest absolute Gasteiger partial charge is 0.369 e. The van der Waals surface area contributed by atoms with E-state index in [0.717, 1.165) is 10.8 Å². The summed E-state index contributed by atoms with van der Waals surface area (Å²) in [4.78, 5) is 10.7. The predicted octanol–water partition coefficient (Wildman–Crippen LogP) is 0.603. The van der Waals surface area contributed by atoms with E-state index in [1.54, 1.807) is 12.1 Å². The van der Waals surface area contributed by atoms with Crippen molar-refractivity contribution in [1.29, 1.82) is 0 Å². The quantitative estimate of drug-likeness (QED) is 0.847. The van der Waals surface area contributed by atoms with Crippen LogP contribution >= 0.6 is 0 Å². The molecule has 18 heavy (non-hydrogen) atoms. The Kier molecular flexibility index (Phi) is 3.31. The summed E-state index contributed by atoms with van der Waals surface area (Å²) < 4.78 is 25.9. The van der Waals surface area contributed by atoms with Crippen LogP contribution in [0.3, 0.4) is 0 Å². The summed E-state index contributed by atoms with van der Waals surface area (Å²) in [6, 6.07) is 12.2. The number of rotatable bonds is 4. The molecule has 3 N–H and O–H groups in total. The second-order valence-corrected chi connectivity index (χ2v) is 5.57. The summed E-state index contributed by atoms with van der Waals surface area (Å²) in [7, 11) is -3.70. The first-order valence-electron chi connectivity index (χ1n) is 5.26. The summed E-state index contributed by atoms with van der Waals surface area (Å²) in [5.74, 6) is -0.723. The van der Waals surface area contributed by atoms with E-state index in [-0.39, 0.29) is 4.90 Å². The Hall–Kier alpha value is -1.92. The van der Waals surface area contributed by atoms with Crippen molar-refractivity contribution >= 4 is 26.7 Å². The van der Waals surface area contributed by atoms with Gasteiger partial charge in [0.1, 0.15) is 0 Å². The highest BCUT2D eigenvalue weighted by molar-refractivity contribution is 7.89. The van der Waals surface area contributed by atoms with Gasteiger partial charge in [0.25, 0.3) is 0 Å². The second kappa shape index (κ2) is 4.75. The maximum absolute atomic E-state index is 11.9. The molecule has 2 rings (SSSR count). The van der Waals surface area contributed by atoms with Gasteiger partial charge < -0.3 is 5.73 Å². The van der Waals surface area contributed by atoms with Gasteiger partial charge in [0.2, 0.25) is 15.9 Å². The van der Waals surface area contributed by atoms with Gasteiger partial charge in [0.05, 0.1) is 11.4 Å². The minimum Gasteiger partial charge on any atom is -0.369 e. The van der Waals surface area contributed by atoms with Crippen LogP contribution in [-0.4, -0.2) is 20.9 Å². The van der Waals surface area contributed by atoms with E-state index < -0.39 is 22.5 Å². The van der Waals surface area contributed by atoms with Gasteiger partial charge in [-0.15, -0.1) is 0 Å². The fourth-order valence-electron chi connectivity index (χ4n) is 1.58. The molecule has 0 spiro atoms. The number of primary amides is 1. The zero-order chi connectivity index (χ0) is 13.2. The molecule has 0 unspecified atom stereocenters. The molecule has 0 radical (unpaired) electrons. The van der Waals surface area contributed by atoms with Crippen molar-refractivity contribution in [2.24, 2.45) is 5.73 Å². The van der Waals surface area contributed by atoms with E-state index in [4.69, 9.17) is 5.73 Å². The minimum atomic E-state index is -3.70. The Morgan fingerprint density at radius 3 is 2.44 bits per heavy atom. The molecule has 94 valence electrons. The van der Waals surface area contributed by atoms with Crippen molar-refractivity contribution in [3.8, 4) is 0 Å². The van der Waals surface area contributed by atoms with Crippen LogP contribution in [-0.2, 0) is 14.8 Å². The Morgan fingerprint density at radius 2 is 1.78 bits per heavy atom. The Morgan fingerprint density at radius 1 is 1.11 bits per heavy atom. The molecule has 0 aliphatic carbocycles. The molecule has 2 aromatic rings. The number of hydrogen-bond donors (Lipinski definition) is 2. The van der Waals surface area contributed by atoms with Crippen molar-refractivity contribution in [2.45, 2.75) is 4.90 Å². The van der Waals surface area contributed by atoms with Crippen LogP contribution in [0.25, 0.3) is 10.8 Å². The lowest BCUT2D eigenvalue weighted by atomic mass is 10.1. The van der Waals surface area contributed by atoms with Gasteiger partial charge in [0, 0.05) is 0 Å². The molecule has 0 atom stereocenters. The normalized spacial score (nSPS) is 11.6. The monoisotopic (exact) mass is 264 g/mol. The SMILES string of the molecule is NC(=O)CNS(=O)(=O)c1ccc2ccccc2c1. The summed E-state index contributed by atoms with van der Waals surface area (Å²) in [6.07, 6.45) is 0. The average molecular weight is 264 g/mol. The number of fused-ring (bicyclic) bond motifs is 1. The fourth-order valence-corrected chi connectivity index (χ4v) is 2.61. The fraction of sp³-hybridized carbons (Fsp3) is 0.0833. The van der Waals surface area contributed by atoms with Crippen molar-refractivity contribution in [3.05, 3.63) is 42.5 Å². The zero-order valence-electron chi connectivity index (χ0n) is 9.46. The van der Waals surface area contributed by atoms with Gasteiger partial charge in [0.15, 0.2) is 0 Å². The lowest BCUT2D eigenvalue weighted by Crippen LogP contribution is -2.33. The number of carbonyl (C=O) groups is 1. The molecule has 0 aliphatic rings. The molecule has 5 nitrogen and oxygen atoms in total. The molecule has 0 bridgehead atoms. The zero-order valence-corrected chi connectivity index (χ0v) is 10.3. The van der Waals surface area contributed by atoms with Crippen LogP contribution in [0.2, 0.25) is 0 Å². The lowest BCUT2D eigenvalue weighted by molar-refractivity contribution is -0.116. The van der Waals surface area contributed by atoms with Crippen molar-refractivity contribution < 1.29 is 13.2 Å². The van der Waals surface area contributed by atoms with Crippen LogP contribution in [0, 0.1) is 0 Å². The summed E-state index contributed by atoms with van der Waals surface area (Å²) in [5.41, 5.74) is 4.90. The standard InChI is InChI=1S/C12H12N2O3S/c13-12(15)8-14-18(16,17)11-6-5-9-3-1-2-4-10(9)7-11/h1-7,14H,8H2,(H2,13,15). The third kappa shape index (κ3) is 2.66. The molecule has 6 heteroatoms. The molecular formula is C12H12N2O3S. The highest BCUT2D eigenvalue weighted by atomic mass is 32.2. The van der Waals surface area contributed by atoms with E-state index in [2.05, 4.69) is 4.72 Å². The first-order chi connectivity index (χ1) is 8.49.